The van der Waals surface area contributed by atoms with Crippen LogP contribution in [0.2, 0.25) is 0 Å². The quantitative estimate of drug-likeness (QED) is 0.624. The van der Waals surface area contributed by atoms with Crippen LogP contribution in [0.3, 0.4) is 0 Å². The second kappa shape index (κ2) is 10.6. The van der Waals surface area contributed by atoms with E-state index in [0.29, 0.717) is 12.1 Å². The zero-order valence-corrected chi connectivity index (χ0v) is 13.9. The van der Waals surface area contributed by atoms with E-state index in [1.807, 2.05) is 0 Å². The molecule has 3 atom stereocenters. The topological polar surface area (TPSA) is 33.7 Å². The second-order valence-corrected chi connectivity index (χ2v) is 6.02. The molecule has 0 saturated heterocycles. The Kier molecular flexibility index (Phi) is 9.44. The van der Waals surface area contributed by atoms with E-state index in [1.165, 1.54) is 19.3 Å². The first-order valence-corrected chi connectivity index (χ1v) is 8.18. The maximum Gasteiger partial charge on any atom is 0.0589 e. The molecule has 1 aliphatic rings. The van der Waals surface area contributed by atoms with Crippen LogP contribution in [-0.2, 0) is 9.47 Å². The van der Waals surface area contributed by atoms with Crippen molar-refractivity contribution in [2.75, 3.05) is 47.1 Å². The summed E-state index contributed by atoms with van der Waals surface area (Å²) >= 11 is 0. The number of nitrogens with one attached hydrogen (secondary N) is 1. The van der Waals surface area contributed by atoms with Gasteiger partial charge in [-0.3, -0.25) is 4.90 Å². The zero-order chi connectivity index (χ0) is 14.8. The molecule has 0 aliphatic heterocycles. The molecular weight excluding hydrogens is 252 g/mol. The highest BCUT2D eigenvalue weighted by molar-refractivity contribution is 4.90. The predicted molar refractivity (Wildman–Crippen MR) is 84.2 cm³/mol. The first-order chi connectivity index (χ1) is 9.72. The molecule has 4 heteroatoms. The summed E-state index contributed by atoms with van der Waals surface area (Å²) in [6.07, 6.45) is 5.05. The van der Waals surface area contributed by atoms with Crippen LogP contribution >= 0.6 is 0 Å². The molecule has 0 aromatic rings. The van der Waals surface area contributed by atoms with Gasteiger partial charge in [0.1, 0.15) is 0 Å². The third-order valence-corrected chi connectivity index (χ3v) is 4.39. The van der Waals surface area contributed by atoms with Gasteiger partial charge in [0.15, 0.2) is 0 Å². The first-order valence-electron chi connectivity index (χ1n) is 8.18. The number of hydrogen-bond acceptors (Lipinski definition) is 4. The molecule has 1 fully saturated rings. The lowest BCUT2D eigenvalue weighted by Gasteiger charge is -2.42. The highest BCUT2D eigenvalue weighted by atomic mass is 16.5. The van der Waals surface area contributed by atoms with E-state index in [-0.39, 0.29) is 0 Å². The maximum atomic E-state index is 5.30. The fraction of sp³-hybridized carbons (Fsp3) is 1.00. The van der Waals surface area contributed by atoms with Crippen molar-refractivity contribution in [2.45, 2.75) is 51.6 Å². The smallest absolute Gasteiger partial charge is 0.0589 e. The molecule has 0 bridgehead atoms. The van der Waals surface area contributed by atoms with E-state index in [4.69, 9.17) is 9.47 Å². The molecule has 0 radical (unpaired) electrons. The Morgan fingerprint density at radius 2 is 1.85 bits per heavy atom. The summed E-state index contributed by atoms with van der Waals surface area (Å²) in [5.41, 5.74) is 0. The van der Waals surface area contributed by atoms with Crippen LogP contribution in [-0.4, -0.2) is 64.1 Å². The summed E-state index contributed by atoms with van der Waals surface area (Å²) in [7, 11) is 3.57. The molecule has 1 aliphatic carbocycles. The lowest BCUT2D eigenvalue weighted by atomic mass is 9.82. The molecular formula is C16H34N2O2. The van der Waals surface area contributed by atoms with Crippen LogP contribution in [0.25, 0.3) is 0 Å². The van der Waals surface area contributed by atoms with Crippen LogP contribution in [0.5, 0.6) is 0 Å². The molecule has 0 aromatic heterocycles. The van der Waals surface area contributed by atoms with Crippen molar-refractivity contribution in [3.8, 4) is 0 Å². The molecule has 4 nitrogen and oxygen atoms in total. The van der Waals surface area contributed by atoms with Gasteiger partial charge in [0.05, 0.1) is 6.61 Å². The van der Waals surface area contributed by atoms with Gasteiger partial charge in [-0.05, 0) is 38.1 Å². The minimum absolute atomic E-state index is 0.635. The Hall–Kier alpha value is -0.160. The van der Waals surface area contributed by atoms with E-state index in [9.17, 15) is 0 Å². The highest BCUT2D eigenvalue weighted by Gasteiger charge is 2.32. The number of ether oxygens (including phenoxy) is 2. The number of methoxy groups -OCH3 is 2. The van der Waals surface area contributed by atoms with E-state index >= 15 is 0 Å². The zero-order valence-electron chi connectivity index (χ0n) is 13.9. The molecule has 0 spiro atoms. The molecule has 3 unspecified atom stereocenters. The van der Waals surface area contributed by atoms with Gasteiger partial charge in [0.2, 0.25) is 0 Å². The van der Waals surface area contributed by atoms with Crippen molar-refractivity contribution in [3.63, 3.8) is 0 Å². The van der Waals surface area contributed by atoms with Crippen molar-refractivity contribution >= 4 is 0 Å². The minimum atomic E-state index is 0.635. The van der Waals surface area contributed by atoms with Gasteiger partial charge in [-0.1, -0.05) is 13.8 Å². The summed E-state index contributed by atoms with van der Waals surface area (Å²) < 4.78 is 10.5. The third kappa shape index (κ3) is 6.08. The molecule has 0 aromatic carbocycles. The summed E-state index contributed by atoms with van der Waals surface area (Å²) in [4.78, 5) is 2.62. The second-order valence-electron chi connectivity index (χ2n) is 6.02. The van der Waals surface area contributed by atoms with Gasteiger partial charge >= 0.3 is 0 Å². The Bertz CT molecular complexity index is 239. The largest absolute Gasteiger partial charge is 0.385 e. The van der Waals surface area contributed by atoms with Crippen LogP contribution in [0.15, 0.2) is 0 Å². The first kappa shape index (κ1) is 17.9. The Balaban J connectivity index is 2.61. The van der Waals surface area contributed by atoms with Gasteiger partial charge in [0.25, 0.3) is 0 Å². The summed E-state index contributed by atoms with van der Waals surface area (Å²) in [6.45, 7) is 9.45. The van der Waals surface area contributed by atoms with Gasteiger partial charge in [-0.2, -0.15) is 0 Å². The van der Waals surface area contributed by atoms with Crippen molar-refractivity contribution in [3.05, 3.63) is 0 Å². The summed E-state index contributed by atoms with van der Waals surface area (Å²) in [6, 6.07) is 1.28. The predicted octanol–water partition coefficient (Wildman–Crippen LogP) is 2.14. The Morgan fingerprint density at radius 1 is 1.10 bits per heavy atom. The van der Waals surface area contributed by atoms with Crippen molar-refractivity contribution < 1.29 is 9.47 Å². The number of rotatable bonds is 10. The summed E-state index contributed by atoms with van der Waals surface area (Å²) in [5.74, 6) is 0.836. The van der Waals surface area contributed by atoms with Crippen LogP contribution in [0.4, 0.5) is 0 Å². The van der Waals surface area contributed by atoms with E-state index in [2.05, 4.69) is 24.1 Å². The number of hydrogen-bond donors (Lipinski definition) is 1. The molecule has 1 N–H and O–H groups in total. The maximum absolute atomic E-state index is 5.30. The minimum Gasteiger partial charge on any atom is -0.385 e. The summed E-state index contributed by atoms with van der Waals surface area (Å²) in [5, 5.41) is 3.69. The van der Waals surface area contributed by atoms with Crippen molar-refractivity contribution in [1.82, 2.24) is 10.2 Å². The molecule has 120 valence electrons. The SMILES string of the molecule is CCNC1CCC(C)CC1N(CCCOC)CCOC. The highest BCUT2D eigenvalue weighted by Crippen LogP contribution is 2.28. The molecule has 1 rings (SSSR count). The fourth-order valence-electron chi connectivity index (χ4n) is 3.32. The Labute approximate surface area is 125 Å². The average Bonchev–Trinajstić information content (AvgIpc) is 2.45. The van der Waals surface area contributed by atoms with E-state index in [1.54, 1.807) is 14.2 Å². The number of nitrogens with zero attached hydrogens (tertiary/aromatic N) is 1. The molecule has 0 amide bonds. The Morgan fingerprint density at radius 3 is 2.50 bits per heavy atom. The fourth-order valence-corrected chi connectivity index (χ4v) is 3.32. The standard InChI is InChI=1S/C16H34N2O2/c1-5-17-15-8-7-14(2)13-16(15)18(10-12-20-4)9-6-11-19-3/h14-17H,5-13H2,1-4H3. The van der Waals surface area contributed by atoms with E-state index < -0.39 is 0 Å². The van der Waals surface area contributed by atoms with Gasteiger partial charge in [-0.15, -0.1) is 0 Å². The molecule has 1 saturated carbocycles. The van der Waals surface area contributed by atoms with Gasteiger partial charge < -0.3 is 14.8 Å². The van der Waals surface area contributed by atoms with Crippen molar-refractivity contribution in [1.29, 1.82) is 0 Å². The van der Waals surface area contributed by atoms with Crippen LogP contribution < -0.4 is 5.32 Å². The third-order valence-electron chi connectivity index (χ3n) is 4.39. The lowest BCUT2D eigenvalue weighted by molar-refractivity contribution is 0.0632. The monoisotopic (exact) mass is 286 g/mol. The normalized spacial score (nSPS) is 27.1. The van der Waals surface area contributed by atoms with Crippen LogP contribution in [0.1, 0.15) is 39.5 Å². The van der Waals surface area contributed by atoms with Crippen LogP contribution in [0, 0.1) is 5.92 Å². The number of likely N-dealkylation sites (N-methyl/N-ethyl adjacent to an activating group) is 1. The van der Waals surface area contributed by atoms with E-state index in [0.717, 1.165) is 45.2 Å². The van der Waals surface area contributed by atoms with Gasteiger partial charge in [-0.25, -0.2) is 0 Å². The van der Waals surface area contributed by atoms with Crippen molar-refractivity contribution in [2.24, 2.45) is 5.92 Å². The lowest BCUT2D eigenvalue weighted by Crippen LogP contribution is -2.54. The molecule has 20 heavy (non-hydrogen) atoms. The van der Waals surface area contributed by atoms with Gasteiger partial charge in [0, 0.05) is 46.0 Å². The molecule has 0 heterocycles. The average molecular weight is 286 g/mol.